The van der Waals surface area contributed by atoms with Crippen LogP contribution in [0.25, 0.3) is 0 Å². The molecule has 0 amide bonds. The minimum absolute atomic E-state index is 0.160. The van der Waals surface area contributed by atoms with Gasteiger partial charge in [-0.3, -0.25) is 0 Å². The highest BCUT2D eigenvalue weighted by Crippen LogP contribution is 2.11. The van der Waals surface area contributed by atoms with Crippen molar-refractivity contribution >= 4 is 15.9 Å². The molecule has 0 unspecified atom stereocenters. The van der Waals surface area contributed by atoms with Crippen LogP contribution in [-0.4, -0.2) is 9.97 Å². The van der Waals surface area contributed by atoms with Crippen molar-refractivity contribution in [3.8, 4) is 0 Å². The molecule has 0 radical (unpaired) electrons. The van der Waals surface area contributed by atoms with Crippen LogP contribution in [0.4, 0.5) is 0 Å². The molecule has 0 aliphatic carbocycles. The van der Waals surface area contributed by atoms with E-state index in [0.29, 0.717) is 0 Å². The lowest BCUT2D eigenvalue weighted by Gasteiger charge is -1.94. The second-order valence-electron chi connectivity index (χ2n) is 1.34. The lowest BCUT2D eigenvalue weighted by atomic mass is 10.3. The molecule has 1 aromatic rings. The van der Waals surface area contributed by atoms with Gasteiger partial charge in [-0.15, -0.1) is 0 Å². The highest BCUT2D eigenvalue weighted by atomic mass is 79.9. The molecule has 0 aromatic carbocycles. The van der Waals surface area contributed by atoms with E-state index in [9.17, 15) is 0 Å². The van der Waals surface area contributed by atoms with Gasteiger partial charge in [-0.25, -0.2) is 9.97 Å². The van der Waals surface area contributed by atoms with Crippen LogP contribution in [0, 0.1) is 0 Å². The smallest absolute Gasteiger partial charge is 0.115 e. The van der Waals surface area contributed by atoms with Crippen LogP contribution >= 0.6 is 15.9 Å². The number of nitrogens with zero attached hydrogens (tertiary/aromatic N) is 2. The number of hydrogen-bond donors (Lipinski definition) is 0. The third kappa shape index (κ3) is 1.48. The zero-order valence-electron chi connectivity index (χ0n) is 9.43. The average molecular weight is 192 g/mol. The Morgan fingerprint density at radius 1 is 2.00 bits per heavy atom. The molecule has 0 saturated heterocycles. The normalized spacial score (nSPS) is 20.8. The van der Waals surface area contributed by atoms with E-state index in [1.165, 1.54) is 6.20 Å². The molecule has 9 heavy (non-hydrogen) atoms. The maximum Gasteiger partial charge on any atom is 0.115 e. The first-order chi connectivity index (χ1) is 6.27. The van der Waals surface area contributed by atoms with Crippen LogP contribution in [-0.2, 0) is 6.37 Å². The predicted molar refractivity (Wildman–Crippen MR) is 39.1 cm³/mol. The first-order valence-electron chi connectivity index (χ1n) is 4.73. The van der Waals surface area contributed by atoms with E-state index in [4.69, 9.17) is 6.85 Å². The van der Waals surface area contributed by atoms with Crippen molar-refractivity contribution in [2.24, 2.45) is 0 Å². The van der Waals surface area contributed by atoms with Crippen molar-refractivity contribution in [2.45, 2.75) is 13.2 Å². The second kappa shape index (κ2) is 2.92. The molecule has 1 rings (SSSR count). The molecule has 48 valence electrons. The second-order valence-corrected chi connectivity index (χ2v) is 2.20. The Hall–Kier alpha value is -0.440. The maximum absolute atomic E-state index is 7.44. The quantitative estimate of drug-likeness (QED) is 0.677. The van der Waals surface area contributed by atoms with Crippen LogP contribution in [0.1, 0.15) is 19.4 Å². The van der Waals surface area contributed by atoms with E-state index < -0.39 is 13.2 Å². The maximum atomic E-state index is 7.44. The molecular formula is C6H7BrN2. The van der Waals surface area contributed by atoms with Crippen molar-refractivity contribution in [1.82, 2.24) is 9.97 Å². The van der Waals surface area contributed by atoms with E-state index >= 15 is 0 Å². The van der Waals surface area contributed by atoms with Crippen LogP contribution in [0.5, 0.6) is 0 Å². The van der Waals surface area contributed by atoms with E-state index in [1.54, 1.807) is 0 Å². The lowest BCUT2D eigenvalue weighted by Crippen LogP contribution is -1.88. The van der Waals surface area contributed by atoms with Gasteiger partial charge in [0, 0.05) is 13.1 Å². The number of aryl methyl sites for hydroxylation is 1. The Labute approximate surface area is 69.5 Å². The Morgan fingerprint density at radius 2 is 2.89 bits per heavy atom. The van der Waals surface area contributed by atoms with Crippen LogP contribution in [0.2, 0.25) is 0 Å². The van der Waals surface area contributed by atoms with E-state index in [0.717, 1.165) is 6.33 Å². The number of rotatable bonds is 1. The summed E-state index contributed by atoms with van der Waals surface area (Å²) < 4.78 is 36.3. The minimum Gasteiger partial charge on any atom is -0.244 e. The highest BCUT2D eigenvalue weighted by molar-refractivity contribution is 9.10. The van der Waals surface area contributed by atoms with Gasteiger partial charge in [0.25, 0.3) is 0 Å². The summed E-state index contributed by atoms with van der Waals surface area (Å²) in [6.07, 6.45) is -0.0513. The molecule has 0 spiro atoms. The third-order valence-corrected chi connectivity index (χ3v) is 1.37. The van der Waals surface area contributed by atoms with Crippen molar-refractivity contribution in [3.05, 3.63) is 22.7 Å². The van der Waals surface area contributed by atoms with Gasteiger partial charge in [0.1, 0.15) is 6.33 Å². The Bertz CT molecular complexity index is 337. The van der Waals surface area contributed by atoms with Gasteiger partial charge in [-0.2, -0.15) is 0 Å². The Morgan fingerprint density at radius 3 is 3.56 bits per heavy atom. The van der Waals surface area contributed by atoms with Crippen molar-refractivity contribution in [2.75, 3.05) is 0 Å². The van der Waals surface area contributed by atoms with Crippen molar-refractivity contribution < 1.29 is 6.85 Å². The largest absolute Gasteiger partial charge is 0.244 e. The standard InChI is InChI=1S/C6H7BrN2/c1-2-6-5(7)3-8-4-9-6/h3-4H,2H2,1H3/i1D3,2D2. The summed E-state index contributed by atoms with van der Waals surface area (Å²) in [6, 6.07) is 0. The highest BCUT2D eigenvalue weighted by Gasteiger charge is 1.94. The van der Waals surface area contributed by atoms with Gasteiger partial charge in [0.2, 0.25) is 0 Å². The monoisotopic (exact) mass is 191 g/mol. The van der Waals surface area contributed by atoms with Gasteiger partial charge in [-0.1, -0.05) is 6.85 Å². The lowest BCUT2D eigenvalue weighted by molar-refractivity contribution is 0.983. The Balaban J connectivity index is 3.23. The summed E-state index contributed by atoms with van der Waals surface area (Å²) in [7, 11) is 0. The average Bonchev–Trinajstić information content (AvgIpc) is 2.02. The van der Waals surface area contributed by atoms with Gasteiger partial charge in [0.15, 0.2) is 0 Å². The third-order valence-electron chi connectivity index (χ3n) is 0.786. The van der Waals surface area contributed by atoms with Gasteiger partial charge in [0.05, 0.1) is 10.2 Å². The molecule has 0 saturated carbocycles. The van der Waals surface area contributed by atoms with Crippen molar-refractivity contribution in [1.29, 1.82) is 0 Å². The molecule has 0 atom stereocenters. The molecule has 0 N–H and O–H groups in total. The molecule has 0 aliphatic rings. The van der Waals surface area contributed by atoms with E-state index in [2.05, 4.69) is 25.9 Å². The Kier molecular flexibility index (Phi) is 0.862. The minimum atomic E-state index is -2.75. The SMILES string of the molecule is [2H]C([2H])([2H])C([2H])([2H])c1ncncc1Br. The summed E-state index contributed by atoms with van der Waals surface area (Å²) >= 11 is 3.01. The molecule has 2 nitrogen and oxygen atoms in total. The molecule has 1 aromatic heterocycles. The summed E-state index contributed by atoms with van der Waals surface area (Å²) in [5.41, 5.74) is -0.160. The van der Waals surface area contributed by atoms with Gasteiger partial charge < -0.3 is 0 Å². The zero-order chi connectivity index (χ0) is 11.0. The predicted octanol–water partition coefficient (Wildman–Crippen LogP) is 1.80. The summed E-state index contributed by atoms with van der Waals surface area (Å²) in [6.45, 7) is -2.75. The fourth-order valence-corrected chi connectivity index (χ4v) is 0.724. The van der Waals surface area contributed by atoms with Crippen LogP contribution in [0.15, 0.2) is 17.0 Å². The number of hydrogen-bond acceptors (Lipinski definition) is 2. The number of halogens is 1. The number of aromatic nitrogens is 2. The molecule has 0 bridgehead atoms. The van der Waals surface area contributed by atoms with Crippen LogP contribution < -0.4 is 0 Å². The molecule has 0 fully saturated rings. The van der Waals surface area contributed by atoms with Crippen molar-refractivity contribution in [3.63, 3.8) is 0 Å². The fourth-order valence-electron chi connectivity index (χ4n) is 0.405. The topological polar surface area (TPSA) is 25.8 Å². The molecule has 1 heterocycles. The first kappa shape index (κ1) is 2.66. The van der Waals surface area contributed by atoms with Gasteiger partial charge >= 0.3 is 0 Å². The summed E-state index contributed by atoms with van der Waals surface area (Å²) in [5.74, 6) is 0. The van der Waals surface area contributed by atoms with E-state index in [-0.39, 0.29) is 10.2 Å². The fraction of sp³-hybridized carbons (Fsp3) is 0.333. The summed E-state index contributed by atoms with van der Waals surface area (Å²) in [4.78, 5) is 7.26. The molecule has 3 heteroatoms. The van der Waals surface area contributed by atoms with Gasteiger partial charge in [-0.05, 0) is 22.3 Å². The first-order valence-corrected chi connectivity index (χ1v) is 3.02. The zero-order valence-corrected chi connectivity index (χ0v) is 6.01. The van der Waals surface area contributed by atoms with Crippen LogP contribution in [0.3, 0.4) is 0 Å². The molecule has 0 aliphatic heterocycles. The molecular weight excluding hydrogens is 180 g/mol. The summed E-state index contributed by atoms with van der Waals surface area (Å²) in [5, 5.41) is 0. The van der Waals surface area contributed by atoms with E-state index in [1.807, 2.05) is 0 Å².